The normalized spacial score (nSPS) is 13.2. The van der Waals surface area contributed by atoms with Gasteiger partial charge in [0, 0.05) is 11.6 Å². The van der Waals surface area contributed by atoms with Crippen LogP contribution in [0.4, 0.5) is 0 Å². The predicted molar refractivity (Wildman–Crippen MR) is 108 cm³/mol. The molecule has 2 amide bonds. The molecule has 1 aliphatic rings. The van der Waals surface area contributed by atoms with Crippen LogP contribution in [0.1, 0.15) is 62.1 Å². The molecule has 1 aliphatic heterocycles. The zero-order valence-electron chi connectivity index (χ0n) is 16.6. The quantitative estimate of drug-likeness (QED) is 0.257. The van der Waals surface area contributed by atoms with Crippen molar-refractivity contribution in [3.05, 3.63) is 59.2 Å². The van der Waals surface area contributed by atoms with Gasteiger partial charge < -0.3 is 4.74 Å². The van der Waals surface area contributed by atoms with Crippen molar-refractivity contribution in [3.8, 4) is 0 Å². The number of imide groups is 1. The number of nitrogens with one attached hydrogen (secondary N) is 1. The molecule has 1 heterocycles. The Kier molecular flexibility index (Phi) is 8.66. The third-order valence-corrected chi connectivity index (χ3v) is 4.83. The summed E-state index contributed by atoms with van der Waals surface area (Å²) < 4.78 is 5.31. The molecule has 0 saturated carbocycles. The van der Waals surface area contributed by atoms with Crippen molar-refractivity contribution in [2.24, 2.45) is 0 Å². The van der Waals surface area contributed by atoms with E-state index in [1.807, 2.05) is 12.1 Å². The standard InChI is InChI=1S/C23H29NO4/c1-3-5-6-7-8-9-10-17-11-12-19(18(4-2)13-17)16-28-22(26)15-20-14-21(25)24-23(20)27/h3,11-14H,1,4-10,15-16H2,2H3,(H,24,25,27). The van der Waals surface area contributed by atoms with E-state index in [1.165, 1.54) is 36.8 Å². The van der Waals surface area contributed by atoms with Crippen molar-refractivity contribution in [3.63, 3.8) is 0 Å². The van der Waals surface area contributed by atoms with E-state index in [-0.39, 0.29) is 18.6 Å². The molecule has 150 valence electrons. The zero-order valence-corrected chi connectivity index (χ0v) is 16.6. The molecule has 0 atom stereocenters. The first-order valence-electron chi connectivity index (χ1n) is 9.96. The molecule has 0 aliphatic carbocycles. The lowest BCUT2D eigenvalue weighted by atomic mass is 9.98. The first-order chi connectivity index (χ1) is 13.5. The smallest absolute Gasteiger partial charge is 0.310 e. The summed E-state index contributed by atoms with van der Waals surface area (Å²) in [6, 6.07) is 6.31. The van der Waals surface area contributed by atoms with Gasteiger partial charge in [0.2, 0.25) is 0 Å². The van der Waals surface area contributed by atoms with Crippen molar-refractivity contribution in [1.29, 1.82) is 0 Å². The highest BCUT2D eigenvalue weighted by molar-refractivity contribution is 6.17. The Bertz CT molecular complexity index is 764. The number of carbonyl (C=O) groups excluding carboxylic acids is 3. The lowest BCUT2D eigenvalue weighted by molar-refractivity contribution is -0.144. The number of ether oxygens (including phenoxy) is 1. The Morgan fingerprint density at radius 1 is 1.14 bits per heavy atom. The van der Waals surface area contributed by atoms with Crippen LogP contribution in [0.5, 0.6) is 0 Å². The molecular formula is C23H29NO4. The van der Waals surface area contributed by atoms with Gasteiger partial charge in [-0.2, -0.15) is 0 Å². The molecule has 0 unspecified atom stereocenters. The molecule has 0 fully saturated rings. The van der Waals surface area contributed by atoms with Gasteiger partial charge in [0.1, 0.15) is 6.61 Å². The number of rotatable bonds is 12. The average molecular weight is 383 g/mol. The number of carbonyl (C=O) groups is 3. The highest BCUT2D eigenvalue weighted by Gasteiger charge is 2.23. The van der Waals surface area contributed by atoms with E-state index in [2.05, 4.69) is 31.0 Å². The van der Waals surface area contributed by atoms with Crippen molar-refractivity contribution >= 4 is 17.8 Å². The number of unbranched alkanes of at least 4 members (excludes halogenated alkanes) is 4. The number of benzene rings is 1. The summed E-state index contributed by atoms with van der Waals surface area (Å²) in [7, 11) is 0. The first-order valence-corrected chi connectivity index (χ1v) is 9.96. The molecule has 0 saturated heterocycles. The lowest BCUT2D eigenvalue weighted by Gasteiger charge is -2.11. The first kappa shape index (κ1) is 21.6. The van der Waals surface area contributed by atoms with Gasteiger partial charge in [-0.05, 0) is 48.8 Å². The van der Waals surface area contributed by atoms with E-state index < -0.39 is 17.8 Å². The molecule has 28 heavy (non-hydrogen) atoms. The van der Waals surface area contributed by atoms with E-state index >= 15 is 0 Å². The summed E-state index contributed by atoms with van der Waals surface area (Å²) in [5.74, 6) is -1.52. The summed E-state index contributed by atoms with van der Waals surface area (Å²) in [6.07, 6.45) is 10.8. The monoisotopic (exact) mass is 383 g/mol. The maximum absolute atomic E-state index is 12.0. The van der Waals surface area contributed by atoms with Crippen LogP contribution in [0.25, 0.3) is 0 Å². The molecule has 1 N–H and O–H groups in total. The highest BCUT2D eigenvalue weighted by atomic mass is 16.5. The average Bonchev–Trinajstić information content (AvgIpc) is 3.00. The van der Waals surface area contributed by atoms with Crippen molar-refractivity contribution in [1.82, 2.24) is 5.32 Å². The van der Waals surface area contributed by atoms with Crippen molar-refractivity contribution in [2.45, 2.75) is 64.9 Å². The van der Waals surface area contributed by atoms with Crippen LogP contribution in [-0.2, 0) is 38.6 Å². The number of amides is 2. The van der Waals surface area contributed by atoms with Gasteiger partial charge in [0.25, 0.3) is 11.8 Å². The minimum atomic E-state index is -0.523. The fourth-order valence-corrected chi connectivity index (χ4v) is 3.22. The zero-order chi connectivity index (χ0) is 20.4. The maximum atomic E-state index is 12.0. The van der Waals surface area contributed by atoms with Gasteiger partial charge in [-0.15, -0.1) is 6.58 Å². The second kappa shape index (κ2) is 11.2. The SMILES string of the molecule is C=CCCCCCCc1ccc(COC(=O)CC2=CC(=O)NC2=O)c(CC)c1. The Morgan fingerprint density at radius 2 is 1.93 bits per heavy atom. The predicted octanol–water partition coefficient (Wildman–Crippen LogP) is 3.94. The lowest BCUT2D eigenvalue weighted by Crippen LogP contribution is -2.23. The fraction of sp³-hybridized carbons (Fsp3) is 0.435. The molecule has 0 aromatic heterocycles. The number of allylic oxidation sites excluding steroid dienone is 1. The summed E-state index contributed by atoms with van der Waals surface area (Å²) in [4.78, 5) is 34.6. The minimum Gasteiger partial charge on any atom is -0.461 e. The summed E-state index contributed by atoms with van der Waals surface area (Å²) in [5, 5.41) is 2.12. The summed E-state index contributed by atoms with van der Waals surface area (Å²) in [5.41, 5.74) is 3.60. The molecule has 5 nitrogen and oxygen atoms in total. The van der Waals surface area contributed by atoms with Crippen LogP contribution in [0, 0.1) is 0 Å². The van der Waals surface area contributed by atoms with Crippen LogP contribution in [0.3, 0.4) is 0 Å². The third kappa shape index (κ3) is 6.80. The molecule has 5 heteroatoms. The number of esters is 1. The molecule has 0 bridgehead atoms. The van der Waals surface area contributed by atoms with Crippen LogP contribution < -0.4 is 5.32 Å². The Labute approximate surface area is 166 Å². The van der Waals surface area contributed by atoms with Gasteiger partial charge >= 0.3 is 5.97 Å². The number of aryl methyl sites for hydroxylation is 2. The van der Waals surface area contributed by atoms with Gasteiger partial charge in [-0.3, -0.25) is 19.7 Å². The summed E-state index contributed by atoms with van der Waals surface area (Å²) >= 11 is 0. The Hall–Kier alpha value is -2.69. The molecule has 1 aromatic rings. The maximum Gasteiger partial charge on any atom is 0.310 e. The van der Waals surface area contributed by atoms with Crippen molar-refractivity contribution in [2.75, 3.05) is 0 Å². The van der Waals surface area contributed by atoms with Gasteiger partial charge in [0.15, 0.2) is 0 Å². The minimum absolute atomic E-state index is 0.147. The fourth-order valence-electron chi connectivity index (χ4n) is 3.22. The number of hydrogen-bond acceptors (Lipinski definition) is 4. The van der Waals surface area contributed by atoms with Crippen LogP contribution in [0.2, 0.25) is 0 Å². The van der Waals surface area contributed by atoms with Crippen LogP contribution in [0.15, 0.2) is 42.5 Å². The second-order valence-electron chi connectivity index (χ2n) is 7.02. The van der Waals surface area contributed by atoms with Gasteiger partial charge in [0.05, 0.1) is 6.42 Å². The number of hydrogen-bond donors (Lipinski definition) is 1. The second-order valence-corrected chi connectivity index (χ2v) is 7.02. The van der Waals surface area contributed by atoms with Crippen molar-refractivity contribution < 1.29 is 19.1 Å². The van der Waals surface area contributed by atoms with E-state index in [0.29, 0.717) is 0 Å². The molecular weight excluding hydrogens is 354 g/mol. The Balaban J connectivity index is 1.82. The molecule has 2 rings (SSSR count). The molecule has 1 aromatic carbocycles. The topological polar surface area (TPSA) is 72.5 Å². The van der Waals surface area contributed by atoms with E-state index in [9.17, 15) is 14.4 Å². The highest BCUT2D eigenvalue weighted by Crippen LogP contribution is 2.18. The Morgan fingerprint density at radius 3 is 2.61 bits per heavy atom. The van der Waals surface area contributed by atoms with E-state index in [1.54, 1.807) is 0 Å². The van der Waals surface area contributed by atoms with Gasteiger partial charge in [-0.25, -0.2) is 0 Å². The van der Waals surface area contributed by atoms with E-state index in [0.717, 1.165) is 30.9 Å². The van der Waals surface area contributed by atoms with Gasteiger partial charge in [-0.1, -0.05) is 44.0 Å². The molecule has 0 spiro atoms. The largest absolute Gasteiger partial charge is 0.461 e. The molecule has 0 radical (unpaired) electrons. The van der Waals surface area contributed by atoms with Crippen LogP contribution >= 0.6 is 0 Å². The van der Waals surface area contributed by atoms with E-state index in [4.69, 9.17) is 4.74 Å². The third-order valence-electron chi connectivity index (χ3n) is 4.83. The summed E-state index contributed by atoms with van der Waals surface area (Å²) in [6.45, 7) is 6.00. The van der Waals surface area contributed by atoms with Crippen LogP contribution in [-0.4, -0.2) is 17.8 Å².